The van der Waals surface area contributed by atoms with Gasteiger partial charge in [-0.05, 0) is 30.9 Å². The average molecular weight is 268 g/mol. The molecule has 0 amide bonds. The fourth-order valence-electron chi connectivity index (χ4n) is 2.63. The molecule has 0 bridgehead atoms. The topological polar surface area (TPSA) is 16.1 Å². The lowest BCUT2D eigenvalue weighted by atomic mass is 9.90. The number of pyridine rings is 1. The van der Waals surface area contributed by atoms with Crippen LogP contribution in [0.2, 0.25) is 0 Å². The van der Waals surface area contributed by atoms with E-state index in [0.717, 1.165) is 11.4 Å². The highest BCUT2D eigenvalue weighted by Gasteiger charge is 2.43. The van der Waals surface area contributed by atoms with Gasteiger partial charge in [0.2, 0.25) is 0 Å². The lowest BCUT2D eigenvalue weighted by Crippen LogP contribution is -2.48. The second-order valence-electron chi connectivity index (χ2n) is 5.67. The molecule has 0 aliphatic carbocycles. The van der Waals surface area contributed by atoms with Crippen LogP contribution in [0.4, 0.5) is 14.5 Å². The van der Waals surface area contributed by atoms with Crippen molar-refractivity contribution in [1.29, 1.82) is 0 Å². The van der Waals surface area contributed by atoms with Crippen LogP contribution in [-0.4, -0.2) is 24.0 Å². The Balaban J connectivity index is 2.11. The van der Waals surface area contributed by atoms with Crippen molar-refractivity contribution in [1.82, 2.24) is 4.98 Å². The fourth-order valence-corrected chi connectivity index (χ4v) is 2.63. The molecule has 0 saturated carbocycles. The van der Waals surface area contributed by atoms with E-state index in [1.54, 1.807) is 11.1 Å². The Kier molecular flexibility index (Phi) is 4.07. The number of rotatable bonds is 3. The number of hydrogen-bond acceptors (Lipinski definition) is 2. The maximum absolute atomic E-state index is 14.0. The van der Waals surface area contributed by atoms with Gasteiger partial charge in [0.05, 0.1) is 18.4 Å². The Hall–Kier alpha value is -1.19. The van der Waals surface area contributed by atoms with E-state index in [2.05, 4.69) is 18.8 Å². The minimum Gasteiger partial charge on any atom is -0.364 e. The summed E-state index contributed by atoms with van der Waals surface area (Å²) in [6, 6.07) is 3.84. The Morgan fingerprint density at radius 2 is 2.16 bits per heavy atom. The van der Waals surface area contributed by atoms with Crippen LogP contribution in [0.1, 0.15) is 45.2 Å². The summed E-state index contributed by atoms with van der Waals surface area (Å²) in [6.07, 6.45) is 2.82. The number of aromatic nitrogens is 1. The van der Waals surface area contributed by atoms with Crippen molar-refractivity contribution in [3.05, 3.63) is 24.0 Å². The first-order chi connectivity index (χ1) is 8.94. The summed E-state index contributed by atoms with van der Waals surface area (Å²) in [7, 11) is 0. The average Bonchev–Trinajstić information content (AvgIpc) is 2.37. The first kappa shape index (κ1) is 14.2. The molecule has 0 N–H and O–H groups in total. The van der Waals surface area contributed by atoms with Gasteiger partial charge >= 0.3 is 0 Å². The van der Waals surface area contributed by atoms with E-state index < -0.39 is 11.8 Å². The van der Waals surface area contributed by atoms with E-state index in [1.807, 2.05) is 19.1 Å². The number of nitrogens with zero attached hydrogens (tertiary/aromatic N) is 2. The van der Waals surface area contributed by atoms with E-state index in [9.17, 15) is 8.78 Å². The third-order valence-electron chi connectivity index (χ3n) is 3.97. The summed E-state index contributed by atoms with van der Waals surface area (Å²) in [4.78, 5) is 6.11. The summed E-state index contributed by atoms with van der Waals surface area (Å²) in [5, 5.41) is 0. The van der Waals surface area contributed by atoms with Gasteiger partial charge in [-0.1, -0.05) is 20.8 Å². The van der Waals surface area contributed by atoms with Crippen LogP contribution in [0.5, 0.6) is 0 Å². The molecule has 1 atom stereocenters. The normalized spacial score (nSPS) is 22.8. The van der Waals surface area contributed by atoms with Gasteiger partial charge in [-0.15, -0.1) is 0 Å². The Labute approximate surface area is 113 Å². The molecule has 1 aliphatic rings. The molecule has 1 aromatic rings. The molecule has 1 aliphatic heterocycles. The first-order valence-corrected chi connectivity index (χ1v) is 7.02. The summed E-state index contributed by atoms with van der Waals surface area (Å²) in [5.41, 5.74) is 1.80. The predicted octanol–water partition coefficient (Wildman–Crippen LogP) is 4.08. The lowest BCUT2D eigenvalue weighted by molar-refractivity contribution is -0.0656. The molecule has 2 heterocycles. The summed E-state index contributed by atoms with van der Waals surface area (Å²) in [6.45, 7) is 6.49. The van der Waals surface area contributed by atoms with Crippen molar-refractivity contribution < 1.29 is 8.78 Å². The van der Waals surface area contributed by atoms with Crippen molar-refractivity contribution in [3.8, 4) is 0 Å². The van der Waals surface area contributed by atoms with Crippen LogP contribution in [-0.2, 0) is 0 Å². The highest BCUT2D eigenvalue weighted by atomic mass is 19.3. The molecular weight excluding hydrogens is 246 g/mol. The number of alkyl halides is 2. The second kappa shape index (κ2) is 5.43. The molecule has 1 aromatic heterocycles. The maximum Gasteiger partial charge on any atom is 0.268 e. The highest BCUT2D eigenvalue weighted by Crippen LogP contribution is 2.36. The molecule has 19 heavy (non-hydrogen) atoms. The third-order valence-corrected chi connectivity index (χ3v) is 3.97. The van der Waals surface area contributed by atoms with Crippen molar-refractivity contribution in [2.75, 3.05) is 18.0 Å². The van der Waals surface area contributed by atoms with Gasteiger partial charge in [0.1, 0.15) is 0 Å². The molecule has 106 valence electrons. The van der Waals surface area contributed by atoms with Crippen LogP contribution in [0, 0.1) is 5.92 Å². The third kappa shape index (κ3) is 3.04. The molecule has 1 fully saturated rings. The zero-order valence-electron chi connectivity index (χ0n) is 11.9. The Morgan fingerprint density at radius 1 is 1.42 bits per heavy atom. The summed E-state index contributed by atoms with van der Waals surface area (Å²) < 4.78 is 27.9. The Bertz CT molecular complexity index is 415. The highest BCUT2D eigenvalue weighted by molar-refractivity contribution is 5.45. The largest absolute Gasteiger partial charge is 0.364 e. The van der Waals surface area contributed by atoms with Gasteiger partial charge in [-0.3, -0.25) is 4.98 Å². The van der Waals surface area contributed by atoms with Gasteiger partial charge in [0.25, 0.3) is 5.92 Å². The van der Waals surface area contributed by atoms with Crippen LogP contribution < -0.4 is 4.90 Å². The van der Waals surface area contributed by atoms with Gasteiger partial charge in [0, 0.05) is 18.2 Å². The van der Waals surface area contributed by atoms with Crippen molar-refractivity contribution in [2.24, 2.45) is 5.92 Å². The first-order valence-electron chi connectivity index (χ1n) is 7.02. The van der Waals surface area contributed by atoms with E-state index in [1.165, 1.54) is 0 Å². The fraction of sp³-hybridized carbons (Fsp3) is 0.667. The Morgan fingerprint density at radius 3 is 2.63 bits per heavy atom. The quantitative estimate of drug-likeness (QED) is 0.821. The van der Waals surface area contributed by atoms with E-state index in [4.69, 9.17) is 0 Å². The molecule has 0 unspecified atom stereocenters. The number of halogens is 2. The second-order valence-corrected chi connectivity index (χ2v) is 5.67. The molecular formula is C15H22F2N2. The zero-order chi connectivity index (χ0) is 14.0. The molecule has 0 radical (unpaired) electrons. The van der Waals surface area contributed by atoms with Crippen LogP contribution >= 0.6 is 0 Å². The van der Waals surface area contributed by atoms with Gasteiger partial charge in [-0.2, -0.15) is 0 Å². The molecule has 4 heteroatoms. The summed E-state index contributed by atoms with van der Waals surface area (Å²) in [5.74, 6) is -2.71. The maximum atomic E-state index is 14.0. The van der Waals surface area contributed by atoms with Crippen molar-refractivity contribution in [2.45, 2.75) is 45.5 Å². The van der Waals surface area contributed by atoms with Crippen molar-refractivity contribution >= 4 is 5.69 Å². The standard InChI is InChI=1S/C15H22F2N2/c1-4-12-7-8-19(10-15(12,16)17)13-5-6-14(11(2)3)18-9-13/h5-6,9,11-12H,4,7-8,10H2,1-3H3/t12-/m1/s1. The smallest absolute Gasteiger partial charge is 0.268 e. The monoisotopic (exact) mass is 268 g/mol. The van der Waals surface area contributed by atoms with Crippen LogP contribution in [0.25, 0.3) is 0 Å². The summed E-state index contributed by atoms with van der Waals surface area (Å²) >= 11 is 0. The predicted molar refractivity (Wildman–Crippen MR) is 73.9 cm³/mol. The number of piperidine rings is 1. The molecule has 0 aromatic carbocycles. The van der Waals surface area contributed by atoms with Gasteiger partial charge in [-0.25, -0.2) is 8.78 Å². The van der Waals surface area contributed by atoms with E-state index in [-0.39, 0.29) is 6.54 Å². The number of anilines is 1. The van der Waals surface area contributed by atoms with Crippen LogP contribution in [0.15, 0.2) is 18.3 Å². The lowest BCUT2D eigenvalue weighted by Gasteiger charge is -2.39. The van der Waals surface area contributed by atoms with E-state index >= 15 is 0 Å². The molecule has 2 rings (SSSR count). The molecule has 0 spiro atoms. The molecule has 2 nitrogen and oxygen atoms in total. The van der Waals surface area contributed by atoms with Gasteiger partial charge in [0.15, 0.2) is 0 Å². The zero-order valence-corrected chi connectivity index (χ0v) is 11.9. The number of hydrogen-bond donors (Lipinski definition) is 0. The van der Waals surface area contributed by atoms with Crippen LogP contribution in [0.3, 0.4) is 0 Å². The minimum absolute atomic E-state index is 0.186. The molecule has 1 saturated heterocycles. The van der Waals surface area contributed by atoms with Crippen molar-refractivity contribution in [3.63, 3.8) is 0 Å². The van der Waals surface area contributed by atoms with Gasteiger partial charge < -0.3 is 4.90 Å². The van der Waals surface area contributed by atoms with E-state index in [0.29, 0.717) is 25.3 Å². The minimum atomic E-state index is -2.59. The SMILES string of the molecule is CC[C@@H]1CCN(c2ccc(C(C)C)nc2)CC1(F)F.